The molecule has 22 heavy (non-hydrogen) atoms. The van der Waals surface area contributed by atoms with Crippen molar-refractivity contribution in [1.29, 1.82) is 5.26 Å². The summed E-state index contributed by atoms with van der Waals surface area (Å²) < 4.78 is 10.5. The van der Waals surface area contributed by atoms with Gasteiger partial charge < -0.3 is 14.8 Å². The first kappa shape index (κ1) is 17.5. The first-order chi connectivity index (χ1) is 10.3. The van der Waals surface area contributed by atoms with Crippen molar-refractivity contribution in [2.75, 3.05) is 0 Å². The third kappa shape index (κ3) is 5.44. The number of hydrogen-bond donors (Lipinski definition) is 1. The molecule has 0 spiro atoms. The Balaban J connectivity index is 2.54. The Kier molecular flexibility index (Phi) is 6.39. The molecule has 0 aliphatic heterocycles. The molecule has 1 aromatic rings. The predicted octanol–water partition coefficient (Wildman–Crippen LogP) is 1.78. The van der Waals surface area contributed by atoms with E-state index in [-0.39, 0.29) is 11.9 Å². The fourth-order valence-electron chi connectivity index (χ4n) is 1.59. The number of nitrogens with one attached hydrogen (secondary N) is 1. The van der Waals surface area contributed by atoms with Gasteiger partial charge in [-0.15, -0.1) is 0 Å². The van der Waals surface area contributed by atoms with E-state index in [1.807, 2.05) is 19.9 Å². The van der Waals surface area contributed by atoms with Gasteiger partial charge in [0.2, 0.25) is 0 Å². The Bertz CT molecular complexity index is 561. The molecule has 0 unspecified atom stereocenters. The lowest BCUT2D eigenvalue weighted by Gasteiger charge is -2.18. The summed E-state index contributed by atoms with van der Waals surface area (Å²) in [5, 5.41) is 11.4. The molecule has 0 saturated heterocycles. The molecule has 1 aromatic carbocycles. The lowest BCUT2D eigenvalue weighted by molar-refractivity contribution is -0.161. The van der Waals surface area contributed by atoms with Crippen molar-refractivity contribution in [3.63, 3.8) is 0 Å². The van der Waals surface area contributed by atoms with Crippen LogP contribution in [-0.2, 0) is 14.3 Å². The van der Waals surface area contributed by atoms with Crippen LogP contribution in [0.4, 0.5) is 0 Å². The van der Waals surface area contributed by atoms with Gasteiger partial charge in [0, 0.05) is 6.04 Å². The van der Waals surface area contributed by atoms with Gasteiger partial charge in [-0.25, -0.2) is 4.79 Å². The van der Waals surface area contributed by atoms with Crippen LogP contribution in [0.2, 0.25) is 0 Å². The molecular formula is C16H20N2O4. The van der Waals surface area contributed by atoms with Gasteiger partial charge in [-0.05, 0) is 52.0 Å². The normalized spacial score (nSPS) is 12.9. The van der Waals surface area contributed by atoms with Crippen molar-refractivity contribution >= 4 is 11.9 Å². The van der Waals surface area contributed by atoms with Crippen molar-refractivity contribution < 1.29 is 19.1 Å². The topological polar surface area (TPSA) is 88.4 Å². The molecule has 0 aliphatic rings. The largest absolute Gasteiger partial charge is 0.479 e. The Morgan fingerprint density at radius 3 is 2.18 bits per heavy atom. The fourth-order valence-corrected chi connectivity index (χ4v) is 1.59. The minimum absolute atomic E-state index is 0.0269. The smallest absolute Gasteiger partial charge is 0.347 e. The quantitative estimate of drug-likeness (QED) is 0.809. The highest BCUT2D eigenvalue weighted by atomic mass is 16.6. The van der Waals surface area contributed by atoms with Gasteiger partial charge >= 0.3 is 5.97 Å². The van der Waals surface area contributed by atoms with Gasteiger partial charge in [0.15, 0.2) is 12.2 Å². The van der Waals surface area contributed by atoms with Crippen molar-refractivity contribution in [2.45, 2.75) is 45.9 Å². The Labute approximate surface area is 130 Å². The van der Waals surface area contributed by atoms with Gasteiger partial charge in [-0.2, -0.15) is 5.26 Å². The summed E-state index contributed by atoms with van der Waals surface area (Å²) in [5.74, 6) is -0.535. The molecule has 1 rings (SSSR count). The average molecular weight is 304 g/mol. The Morgan fingerprint density at radius 2 is 1.68 bits per heavy atom. The molecule has 0 radical (unpaired) electrons. The summed E-state index contributed by atoms with van der Waals surface area (Å²) in [6.45, 7) is 6.68. The molecule has 6 heteroatoms. The van der Waals surface area contributed by atoms with Crippen LogP contribution >= 0.6 is 0 Å². The molecule has 1 N–H and O–H groups in total. The van der Waals surface area contributed by atoms with Gasteiger partial charge in [0.25, 0.3) is 5.91 Å². The first-order valence-corrected chi connectivity index (χ1v) is 7.01. The van der Waals surface area contributed by atoms with Gasteiger partial charge in [0.1, 0.15) is 5.75 Å². The molecule has 0 aliphatic carbocycles. The van der Waals surface area contributed by atoms with E-state index in [2.05, 4.69) is 5.32 Å². The number of ether oxygens (including phenoxy) is 2. The molecule has 0 aromatic heterocycles. The summed E-state index contributed by atoms with van der Waals surface area (Å²) in [7, 11) is 0. The van der Waals surface area contributed by atoms with E-state index >= 15 is 0 Å². The van der Waals surface area contributed by atoms with Crippen molar-refractivity contribution in [1.82, 2.24) is 5.32 Å². The van der Waals surface area contributed by atoms with E-state index in [1.165, 1.54) is 13.8 Å². The summed E-state index contributed by atoms with van der Waals surface area (Å²) >= 11 is 0. The summed E-state index contributed by atoms with van der Waals surface area (Å²) in [6, 6.07) is 8.33. The number of rotatable bonds is 6. The second kappa shape index (κ2) is 8.03. The SMILES string of the molecule is CC(C)NC(=O)[C@H](C)OC(=O)[C@H](C)Oc1ccc(C#N)cc1. The maximum atomic E-state index is 11.9. The van der Waals surface area contributed by atoms with Crippen molar-refractivity contribution in [3.05, 3.63) is 29.8 Å². The molecule has 2 atom stereocenters. The molecule has 0 bridgehead atoms. The maximum Gasteiger partial charge on any atom is 0.347 e. The lowest BCUT2D eigenvalue weighted by Crippen LogP contribution is -2.41. The molecule has 0 fully saturated rings. The zero-order valence-corrected chi connectivity index (χ0v) is 13.1. The van der Waals surface area contributed by atoms with E-state index in [0.29, 0.717) is 11.3 Å². The number of nitriles is 1. The van der Waals surface area contributed by atoms with Gasteiger partial charge in [-0.3, -0.25) is 4.79 Å². The zero-order chi connectivity index (χ0) is 16.7. The monoisotopic (exact) mass is 304 g/mol. The van der Waals surface area contributed by atoms with Crippen molar-refractivity contribution in [3.8, 4) is 11.8 Å². The lowest BCUT2D eigenvalue weighted by atomic mass is 10.2. The Hall–Kier alpha value is -2.55. The molecule has 118 valence electrons. The van der Waals surface area contributed by atoms with E-state index in [9.17, 15) is 9.59 Å². The third-order valence-corrected chi connectivity index (χ3v) is 2.72. The highest BCUT2D eigenvalue weighted by Gasteiger charge is 2.23. The number of carbonyl (C=O) groups excluding carboxylic acids is 2. The number of carbonyl (C=O) groups is 2. The fraction of sp³-hybridized carbons (Fsp3) is 0.438. The van der Waals surface area contributed by atoms with Crippen LogP contribution in [0, 0.1) is 11.3 Å². The average Bonchev–Trinajstić information content (AvgIpc) is 2.47. The van der Waals surface area contributed by atoms with Gasteiger partial charge in [-0.1, -0.05) is 0 Å². The van der Waals surface area contributed by atoms with E-state index in [4.69, 9.17) is 14.7 Å². The van der Waals surface area contributed by atoms with E-state index in [0.717, 1.165) is 0 Å². The van der Waals surface area contributed by atoms with Crippen LogP contribution in [0.5, 0.6) is 5.75 Å². The number of amides is 1. The van der Waals surface area contributed by atoms with Crippen LogP contribution in [0.15, 0.2) is 24.3 Å². The maximum absolute atomic E-state index is 11.9. The number of benzene rings is 1. The Morgan fingerprint density at radius 1 is 1.09 bits per heavy atom. The summed E-state index contributed by atoms with van der Waals surface area (Å²) in [4.78, 5) is 23.6. The number of hydrogen-bond acceptors (Lipinski definition) is 5. The zero-order valence-electron chi connectivity index (χ0n) is 13.1. The van der Waals surface area contributed by atoms with Crippen LogP contribution in [0.3, 0.4) is 0 Å². The van der Waals surface area contributed by atoms with Crippen LogP contribution in [0.25, 0.3) is 0 Å². The third-order valence-electron chi connectivity index (χ3n) is 2.72. The predicted molar refractivity (Wildman–Crippen MR) is 80.1 cm³/mol. The number of nitrogens with zero attached hydrogens (tertiary/aromatic N) is 1. The minimum Gasteiger partial charge on any atom is -0.479 e. The van der Waals surface area contributed by atoms with Crippen molar-refractivity contribution in [2.24, 2.45) is 0 Å². The van der Waals surface area contributed by atoms with Crippen LogP contribution in [0.1, 0.15) is 33.3 Å². The highest BCUT2D eigenvalue weighted by Crippen LogP contribution is 2.14. The van der Waals surface area contributed by atoms with E-state index < -0.39 is 18.2 Å². The summed E-state index contributed by atoms with van der Waals surface area (Å²) in [6.07, 6.45) is -1.75. The standard InChI is InChI=1S/C16H20N2O4/c1-10(2)18-15(19)11(3)22-16(20)12(4)21-14-7-5-13(9-17)6-8-14/h5-8,10-12H,1-4H3,(H,18,19)/t11-,12-/m0/s1. The number of esters is 1. The molecule has 1 amide bonds. The van der Waals surface area contributed by atoms with Gasteiger partial charge in [0.05, 0.1) is 11.6 Å². The second-order valence-corrected chi connectivity index (χ2v) is 5.14. The first-order valence-electron chi connectivity index (χ1n) is 7.01. The molecule has 0 heterocycles. The molecule has 6 nitrogen and oxygen atoms in total. The second-order valence-electron chi connectivity index (χ2n) is 5.14. The van der Waals surface area contributed by atoms with E-state index in [1.54, 1.807) is 24.3 Å². The summed E-state index contributed by atoms with van der Waals surface area (Å²) in [5.41, 5.74) is 0.501. The van der Waals surface area contributed by atoms with Crippen LogP contribution < -0.4 is 10.1 Å². The molecule has 0 saturated carbocycles. The molecular weight excluding hydrogens is 284 g/mol. The highest BCUT2D eigenvalue weighted by molar-refractivity contribution is 5.84. The van der Waals surface area contributed by atoms with Crippen LogP contribution in [-0.4, -0.2) is 30.1 Å². The minimum atomic E-state index is -0.887.